The second-order valence-electron chi connectivity index (χ2n) is 5.72. The minimum atomic E-state index is -0.239. The number of nitrogens with zero attached hydrogens (tertiary/aromatic N) is 1. The summed E-state index contributed by atoms with van der Waals surface area (Å²) in [6.07, 6.45) is 1.61. The number of hydrogen-bond acceptors (Lipinski definition) is 5. The molecule has 128 valence electrons. The Hall–Kier alpha value is -2.76. The van der Waals surface area contributed by atoms with Gasteiger partial charge in [0, 0.05) is 24.4 Å². The zero-order valence-electron chi connectivity index (χ0n) is 14.4. The van der Waals surface area contributed by atoms with Crippen LogP contribution in [0.15, 0.2) is 36.5 Å². The Morgan fingerprint density at radius 1 is 1.17 bits per heavy atom. The first kappa shape index (κ1) is 17.6. The van der Waals surface area contributed by atoms with Gasteiger partial charge in [-0.15, -0.1) is 0 Å². The van der Waals surface area contributed by atoms with Crippen LogP contribution in [0, 0.1) is 5.92 Å². The lowest BCUT2D eigenvalue weighted by atomic mass is 10.2. The van der Waals surface area contributed by atoms with E-state index in [2.05, 4.69) is 29.5 Å². The highest BCUT2D eigenvalue weighted by atomic mass is 16.5. The Balaban J connectivity index is 2.16. The van der Waals surface area contributed by atoms with E-state index >= 15 is 0 Å². The second kappa shape index (κ2) is 8.19. The van der Waals surface area contributed by atoms with E-state index in [1.807, 2.05) is 0 Å². The summed E-state index contributed by atoms with van der Waals surface area (Å²) in [4.78, 5) is 16.7. The summed E-state index contributed by atoms with van der Waals surface area (Å²) in [6, 6.07) is 8.63. The third-order valence-corrected chi connectivity index (χ3v) is 3.37. The van der Waals surface area contributed by atoms with E-state index in [-0.39, 0.29) is 5.91 Å². The van der Waals surface area contributed by atoms with Crippen molar-refractivity contribution in [1.82, 2.24) is 4.98 Å². The third kappa shape index (κ3) is 4.62. The van der Waals surface area contributed by atoms with Gasteiger partial charge in [-0.3, -0.25) is 4.79 Å². The van der Waals surface area contributed by atoms with Gasteiger partial charge in [-0.05, 0) is 30.2 Å². The summed E-state index contributed by atoms with van der Waals surface area (Å²) in [5, 5.41) is 6.05. The van der Waals surface area contributed by atoms with Gasteiger partial charge in [-0.2, -0.15) is 0 Å². The molecule has 0 aliphatic rings. The van der Waals surface area contributed by atoms with Gasteiger partial charge >= 0.3 is 0 Å². The summed E-state index contributed by atoms with van der Waals surface area (Å²) >= 11 is 0. The normalized spacial score (nSPS) is 10.4. The first-order chi connectivity index (χ1) is 11.5. The van der Waals surface area contributed by atoms with Crippen molar-refractivity contribution in [2.24, 2.45) is 5.92 Å². The standard InChI is InChI=1S/C18H23N3O3/c1-12(2)11-20-17-9-13(7-8-19-17)18(22)21-15-10-14(23-3)5-6-16(15)24-4/h5-10,12H,11H2,1-4H3,(H,19,20)(H,21,22). The van der Waals surface area contributed by atoms with Crippen molar-refractivity contribution in [3.63, 3.8) is 0 Å². The van der Waals surface area contributed by atoms with Crippen molar-refractivity contribution in [2.75, 3.05) is 31.4 Å². The van der Waals surface area contributed by atoms with Crippen LogP contribution in [0.4, 0.5) is 11.5 Å². The Labute approximate surface area is 142 Å². The lowest BCUT2D eigenvalue weighted by Crippen LogP contribution is -2.14. The number of carbonyl (C=O) groups is 1. The molecule has 0 saturated heterocycles. The maximum Gasteiger partial charge on any atom is 0.255 e. The third-order valence-electron chi connectivity index (χ3n) is 3.37. The molecule has 0 aliphatic carbocycles. The Morgan fingerprint density at radius 3 is 2.62 bits per heavy atom. The minimum Gasteiger partial charge on any atom is -0.497 e. The van der Waals surface area contributed by atoms with Crippen molar-refractivity contribution < 1.29 is 14.3 Å². The number of rotatable bonds is 7. The van der Waals surface area contributed by atoms with Crippen LogP contribution in [0.2, 0.25) is 0 Å². The summed E-state index contributed by atoms with van der Waals surface area (Å²) in [6.45, 7) is 5.01. The highest BCUT2D eigenvalue weighted by molar-refractivity contribution is 6.05. The van der Waals surface area contributed by atoms with E-state index in [1.54, 1.807) is 50.7 Å². The van der Waals surface area contributed by atoms with E-state index in [4.69, 9.17) is 9.47 Å². The highest BCUT2D eigenvalue weighted by Gasteiger charge is 2.12. The SMILES string of the molecule is COc1ccc(OC)c(NC(=O)c2ccnc(NCC(C)C)c2)c1. The summed E-state index contributed by atoms with van der Waals surface area (Å²) in [7, 11) is 3.13. The molecule has 0 unspecified atom stereocenters. The fourth-order valence-corrected chi connectivity index (χ4v) is 2.08. The van der Waals surface area contributed by atoms with Crippen molar-refractivity contribution in [1.29, 1.82) is 0 Å². The molecule has 0 aliphatic heterocycles. The van der Waals surface area contributed by atoms with Crippen LogP contribution >= 0.6 is 0 Å². The molecular formula is C18H23N3O3. The number of amides is 1. The first-order valence-corrected chi connectivity index (χ1v) is 7.76. The second-order valence-corrected chi connectivity index (χ2v) is 5.72. The fraction of sp³-hybridized carbons (Fsp3) is 0.333. The van der Waals surface area contributed by atoms with E-state index in [1.165, 1.54) is 0 Å². The van der Waals surface area contributed by atoms with Gasteiger partial charge in [0.05, 0.1) is 19.9 Å². The van der Waals surface area contributed by atoms with Gasteiger partial charge < -0.3 is 20.1 Å². The van der Waals surface area contributed by atoms with Gasteiger partial charge in [-0.1, -0.05) is 13.8 Å². The van der Waals surface area contributed by atoms with Crippen LogP contribution in [0.25, 0.3) is 0 Å². The minimum absolute atomic E-state index is 0.239. The van der Waals surface area contributed by atoms with Crippen molar-refractivity contribution >= 4 is 17.4 Å². The molecule has 0 bridgehead atoms. The lowest BCUT2D eigenvalue weighted by molar-refractivity contribution is 0.102. The topological polar surface area (TPSA) is 72.5 Å². The molecule has 0 radical (unpaired) electrons. The molecule has 2 rings (SSSR count). The van der Waals surface area contributed by atoms with Gasteiger partial charge in [0.15, 0.2) is 0 Å². The van der Waals surface area contributed by atoms with Crippen molar-refractivity contribution in [2.45, 2.75) is 13.8 Å². The van der Waals surface area contributed by atoms with Gasteiger partial charge in [0.25, 0.3) is 5.91 Å². The predicted molar refractivity (Wildman–Crippen MR) is 95.1 cm³/mol. The van der Waals surface area contributed by atoms with E-state index < -0.39 is 0 Å². The van der Waals surface area contributed by atoms with Gasteiger partial charge in [0.1, 0.15) is 17.3 Å². The zero-order chi connectivity index (χ0) is 17.5. The van der Waals surface area contributed by atoms with E-state index in [0.717, 1.165) is 6.54 Å². The fourth-order valence-electron chi connectivity index (χ4n) is 2.08. The molecule has 6 nitrogen and oxygen atoms in total. The summed E-state index contributed by atoms with van der Waals surface area (Å²) < 4.78 is 10.5. The number of anilines is 2. The summed E-state index contributed by atoms with van der Waals surface area (Å²) in [5.41, 5.74) is 1.07. The number of aromatic nitrogens is 1. The van der Waals surface area contributed by atoms with Crippen LogP contribution < -0.4 is 20.1 Å². The van der Waals surface area contributed by atoms with Crippen LogP contribution in [-0.4, -0.2) is 31.7 Å². The molecule has 1 aromatic heterocycles. The average molecular weight is 329 g/mol. The molecule has 0 spiro atoms. The molecule has 2 aromatic rings. The maximum absolute atomic E-state index is 12.5. The Bertz CT molecular complexity index is 702. The molecule has 24 heavy (non-hydrogen) atoms. The van der Waals surface area contributed by atoms with Crippen molar-refractivity contribution in [3.8, 4) is 11.5 Å². The number of carbonyl (C=O) groups excluding carboxylic acids is 1. The number of benzene rings is 1. The molecule has 0 atom stereocenters. The van der Waals surface area contributed by atoms with Crippen LogP contribution in [0.3, 0.4) is 0 Å². The van der Waals surface area contributed by atoms with E-state index in [9.17, 15) is 4.79 Å². The molecule has 1 heterocycles. The number of methoxy groups -OCH3 is 2. The first-order valence-electron chi connectivity index (χ1n) is 7.76. The number of hydrogen-bond donors (Lipinski definition) is 2. The van der Waals surface area contributed by atoms with E-state index in [0.29, 0.717) is 34.5 Å². The number of pyridine rings is 1. The Kier molecular flexibility index (Phi) is 6.01. The van der Waals surface area contributed by atoms with Gasteiger partial charge in [-0.25, -0.2) is 4.98 Å². The van der Waals surface area contributed by atoms with Crippen LogP contribution in [0.1, 0.15) is 24.2 Å². The summed E-state index contributed by atoms with van der Waals surface area (Å²) in [5.74, 6) is 2.13. The smallest absolute Gasteiger partial charge is 0.255 e. The molecule has 0 fully saturated rings. The largest absolute Gasteiger partial charge is 0.497 e. The molecular weight excluding hydrogens is 306 g/mol. The lowest BCUT2D eigenvalue weighted by Gasteiger charge is -2.12. The zero-order valence-corrected chi connectivity index (χ0v) is 14.4. The molecule has 2 N–H and O–H groups in total. The average Bonchev–Trinajstić information content (AvgIpc) is 2.60. The molecule has 0 saturated carbocycles. The van der Waals surface area contributed by atoms with Crippen molar-refractivity contribution in [3.05, 3.63) is 42.1 Å². The van der Waals surface area contributed by atoms with Gasteiger partial charge in [0.2, 0.25) is 0 Å². The predicted octanol–water partition coefficient (Wildman–Crippen LogP) is 3.42. The molecule has 1 amide bonds. The Morgan fingerprint density at radius 2 is 1.96 bits per heavy atom. The maximum atomic E-state index is 12.5. The van der Waals surface area contributed by atoms with Crippen LogP contribution in [-0.2, 0) is 0 Å². The molecule has 6 heteroatoms. The number of nitrogens with one attached hydrogen (secondary N) is 2. The van der Waals surface area contributed by atoms with Crippen LogP contribution in [0.5, 0.6) is 11.5 Å². The number of ether oxygens (including phenoxy) is 2. The highest BCUT2D eigenvalue weighted by Crippen LogP contribution is 2.29. The quantitative estimate of drug-likeness (QED) is 0.814. The monoisotopic (exact) mass is 329 g/mol. The molecule has 1 aromatic carbocycles.